The quantitative estimate of drug-likeness (QED) is 0.706. The van der Waals surface area contributed by atoms with Crippen molar-refractivity contribution in [3.63, 3.8) is 0 Å². The molecule has 0 aliphatic heterocycles. The minimum atomic E-state index is 0.212. The average molecular weight is 350 g/mol. The Kier molecular flexibility index (Phi) is 5.00. The highest BCUT2D eigenvalue weighted by atomic mass is 35.5. The van der Waals surface area contributed by atoms with Crippen LogP contribution in [0.2, 0.25) is 10.0 Å². The maximum atomic E-state index is 6.08. The molecular formula is C16H13Cl2N3O2. The predicted octanol–water partition coefficient (Wildman–Crippen LogP) is 4.57. The molecule has 3 rings (SSSR count). The number of ether oxygens (including phenoxy) is 1. The normalized spacial score (nSPS) is 10.5. The highest BCUT2D eigenvalue weighted by molar-refractivity contribution is 6.39. The third-order valence-electron chi connectivity index (χ3n) is 2.99. The molecule has 0 aliphatic rings. The highest BCUT2D eigenvalue weighted by Gasteiger charge is 2.09. The Morgan fingerprint density at radius 3 is 2.35 bits per heavy atom. The molecule has 0 amide bonds. The Morgan fingerprint density at radius 2 is 1.61 bits per heavy atom. The number of para-hydroxylation sites is 2. The van der Waals surface area contributed by atoms with Gasteiger partial charge < -0.3 is 14.5 Å². The molecule has 0 bridgehead atoms. The Morgan fingerprint density at radius 1 is 0.913 bits per heavy atom. The zero-order valence-electron chi connectivity index (χ0n) is 12.0. The lowest BCUT2D eigenvalue weighted by Crippen LogP contribution is -2.01. The van der Waals surface area contributed by atoms with Crippen LogP contribution < -0.4 is 10.1 Å². The van der Waals surface area contributed by atoms with Crippen LogP contribution in [-0.2, 0) is 13.2 Å². The molecule has 0 spiro atoms. The van der Waals surface area contributed by atoms with E-state index in [1.54, 1.807) is 18.2 Å². The Labute approximate surface area is 143 Å². The predicted molar refractivity (Wildman–Crippen MR) is 88.9 cm³/mol. The monoisotopic (exact) mass is 349 g/mol. The molecule has 7 heteroatoms. The van der Waals surface area contributed by atoms with Gasteiger partial charge >= 0.3 is 0 Å². The summed E-state index contributed by atoms with van der Waals surface area (Å²) in [5.74, 6) is 1.57. The third-order valence-corrected chi connectivity index (χ3v) is 3.62. The van der Waals surface area contributed by atoms with Gasteiger partial charge in [-0.1, -0.05) is 47.5 Å². The van der Waals surface area contributed by atoms with Crippen molar-refractivity contribution in [1.82, 2.24) is 10.2 Å². The molecule has 1 aromatic heterocycles. The summed E-state index contributed by atoms with van der Waals surface area (Å²) in [6.45, 7) is 0.533. The van der Waals surface area contributed by atoms with Gasteiger partial charge in [0, 0.05) is 0 Å². The van der Waals surface area contributed by atoms with Crippen LogP contribution >= 0.6 is 23.2 Å². The molecule has 0 aliphatic carbocycles. The average Bonchev–Trinajstić information content (AvgIpc) is 3.01. The zero-order chi connectivity index (χ0) is 16.1. The maximum Gasteiger partial charge on any atom is 0.253 e. The lowest BCUT2D eigenvalue weighted by atomic mass is 10.3. The lowest BCUT2D eigenvalue weighted by Gasteiger charge is -2.07. The van der Waals surface area contributed by atoms with Crippen LogP contribution in [0.25, 0.3) is 0 Å². The van der Waals surface area contributed by atoms with Crippen molar-refractivity contribution in [2.45, 2.75) is 13.2 Å². The number of halogens is 2. The first-order chi connectivity index (χ1) is 11.2. The summed E-state index contributed by atoms with van der Waals surface area (Å²) in [5.41, 5.74) is 0.635. The van der Waals surface area contributed by atoms with Gasteiger partial charge in [0.1, 0.15) is 5.75 Å². The fraction of sp³-hybridized carbons (Fsp3) is 0.125. The molecule has 0 saturated heterocycles. The smallest absolute Gasteiger partial charge is 0.253 e. The zero-order valence-corrected chi connectivity index (χ0v) is 13.5. The summed E-state index contributed by atoms with van der Waals surface area (Å²) in [6, 6.07) is 14.7. The standard InChI is InChI=1S/C16H13Cl2N3O2/c17-12-7-4-8-13(18)16(12)19-9-14-20-21-15(23-14)10-22-11-5-2-1-3-6-11/h1-8,19H,9-10H2. The van der Waals surface area contributed by atoms with E-state index in [0.717, 1.165) is 5.75 Å². The molecule has 2 aromatic carbocycles. The minimum absolute atomic E-state index is 0.212. The van der Waals surface area contributed by atoms with Crippen LogP contribution in [-0.4, -0.2) is 10.2 Å². The summed E-state index contributed by atoms with van der Waals surface area (Å²) in [4.78, 5) is 0. The fourth-order valence-corrected chi connectivity index (χ4v) is 2.44. The third kappa shape index (κ3) is 4.15. The van der Waals surface area contributed by atoms with Gasteiger partial charge in [-0.25, -0.2) is 0 Å². The second-order valence-corrected chi connectivity index (χ2v) is 5.46. The number of aromatic nitrogens is 2. The number of hydrogen-bond acceptors (Lipinski definition) is 5. The number of nitrogens with one attached hydrogen (secondary N) is 1. The molecule has 0 saturated carbocycles. The van der Waals surface area contributed by atoms with E-state index < -0.39 is 0 Å². The van der Waals surface area contributed by atoms with Crippen LogP contribution in [0, 0.1) is 0 Å². The van der Waals surface area contributed by atoms with Crippen LogP contribution in [0.4, 0.5) is 5.69 Å². The molecule has 23 heavy (non-hydrogen) atoms. The van der Waals surface area contributed by atoms with Gasteiger partial charge in [0.05, 0.1) is 22.3 Å². The van der Waals surface area contributed by atoms with Crippen LogP contribution in [0.1, 0.15) is 11.8 Å². The van der Waals surface area contributed by atoms with E-state index in [1.807, 2.05) is 30.3 Å². The SMILES string of the molecule is Clc1cccc(Cl)c1NCc1nnc(COc2ccccc2)o1. The minimum Gasteiger partial charge on any atom is -0.484 e. The van der Waals surface area contributed by atoms with Crippen LogP contribution in [0.3, 0.4) is 0 Å². The van der Waals surface area contributed by atoms with Gasteiger partial charge in [0.25, 0.3) is 5.89 Å². The van der Waals surface area contributed by atoms with Crippen molar-refractivity contribution >= 4 is 28.9 Å². The van der Waals surface area contributed by atoms with Crippen molar-refractivity contribution in [2.24, 2.45) is 0 Å². The van der Waals surface area contributed by atoms with Crippen LogP contribution in [0.5, 0.6) is 5.75 Å². The van der Waals surface area contributed by atoms with E-state index in [4.69, 9.17) is 32.4 Å². The molecular weight excluding hydrogens is 337 g/mol. The van der Waals surface area contributed by atoms with E-state index in [-0.39, 0.29) is 6.61 Å². The number of rotatable bonds is 6. The molecule has 0 atom stereocenters. The van der Waals surface area contributed by atoms with Crippen molar-refractivity contribution in [3.05, 3.63) is 70.4 Å². The summed E-state index contributed by atoms with van der Waals surface area (Å²) in [6.07, 6.45) is 0. The van der Waals surface area contributed by atoms with Crippen molar-refractivity contribution in [1.29, 1.82) is 0 Å². The summed E-state index contributed by atoms with van der Waals surface area (Å²) >= 11 is 12.2. The molecule has 0 unspecified atom stereocenters. The molecule has 1 N–H and O–H groups in total. The van der Waals surface area contributed by atoms with E-state index in [9.17, 15) is 0 Å². The van der Waals surface area contributed by atoms with Gasteiger partial charge in [-0.15, -0.1) is 10.2 Å². The maximum absolute atomic E-state index is 6.08. The lowest BCUT2D eigenvalue weighted by molar-refractivity contribution is 0.259. The highest BCUT2D eigenvalue weighted by Crippen LogP contribution is 2.30. The first-order valence-corrected chi connectivity index (χ1v) is 7.65. The molecule has 0 fully saturated rings. The number of benzene rings is 2. The van der Waals surface area contributed by atoms with Gasteiger partial charge in [-0.05, 0) is 24.3 Å². The second kappa shape index (κ2) is 7.35. The summed E-state index contributed by atoms with van der Waals surface area (Å²) < 4.78 is 11.1. The van der Waals surface area contributed by atoms with E-state index in [0.29, 0.717) is 34.1 Å². The van der Waals surface area contributed by atoms with Crippen LogP contribution in [0.15, 0.2) is 52.9 Å². The van der Waals surface area contributed by atoms with Gasteiger partial charge in [-0.2, -0.15) is 0 Å². The Balaban J connectivity index is 1.57. The first-order valence-electron chi connectivity index (χ1n) is 6.89. The molecule has 0 radical (unpaired) electrons. The molecule has 5 nitrogen and oxygen atoms in total. The molecule has 1 heterocycles. The number of hydrogen-bond donors (Lipinski definition) is 1. The topological polar surface area (TPSA) is 60.2 Å². The van der Waals surface area contributed by atoms with Crippen molar-refractivity contribution < 1.29 is 9.15 Å². The van der Waals surface area contributed by atoms with E-state index in [2.05, 4.69) is 15.5 Å². The first kappa shape index (κ1) is 15.6. The van der Waals surface area contributed by atoms with Gasteiger partial charge in [-0.3, -0.25) is 0 Å². The van der Waals surface area contributed by atoms with E-state index in [1.165, 1.54) is 0 Å². The summed E-state index contributed by atoms with van der Waals surface area (Å²) in [5, 5.41) is 12.0. The number of anilines is 1. The largest absolute Gasteiger partial charge is 0.484 e. The molecule has 118 valence electrons. The Hall–Kier alpha value is -2.24. The van der Waals surface area contributed by atoms with Crippen molar-refractivity contribution in [2.75, 3.05) is 5.32 Å². The second-order valence-electron chi connectivity index (χ2n) is 4.64. The van der Waals surface area contributed by atoms with E-state index >= 15 is 0 Å². The molecule has 3 aromatic rings. The van der Waals surface area contributed by atoms with Crippen molar-refractivity contribution in [3.8, 4) is 5.75 Å². The summed E-state index contributed by atoms with van der Waals surface area (Å²) in [7, 11) is 0. The van der Waals surface area contributed by atoms with Gasteiger partial charge in [0.15, 0.2) is 6.61 Å². The number of nitrogens with zero attached hydrogens (tertiary/aromatic N) is 2. The van der Waals surface area contributed by atoms with Gasteiger partial charge in [0.2, 0.25) is 5.89 Å². The Bertz CT molecular complexity index is 758. The fourth-order valence-electron chi connectivity index (χ4n) is 1.91.